The molecule has 7 heteroatoms. The van der Waals surface area contributed by atoms with Gasteiger partial charge in [-0.1, -0.05) is 19.9 Å². The molecule has 3 rings (SSSR count). The van der Waals surface area contributed by atoms with E-state index in [1.807, 2.05) is 32.0 Å². The molecule has 0 bridgehead atoms. The molecule has 1 atom stereocenters. The van der Waals surface area contributed by atoms with Crippen LogP contribution in [0.4, 0.5) is 5.69 Å². The topological polar surface area (TPSA) is 65.1 Å². The number of carbonyl (C=O) groups is 2. The minimum absolute atomic E-state index is 0.0321. The molecule has 2 aliphatic heterocycles. The van der Waals surface area contributed by atoms with E-state index in [4.69, 9.17) is 4.74 Å². The number of piperazine rings is 1. The molecular weight excluding hydrogens is 368 g/mol. The summed E-state index contributed by atoms with van der Waals surface area (Å²) >= 11 is 0. The number of nitrogens with one attached hydrogen (secondary N) is 1. The van der Waals surface area contributed by atoms with Crippen LogP contribution in [-0.4, -0.2) is 80.1 Å². The Kier molecular flexibility index (Phi) is 7.50. The number of nitrogens with zero attached hydrogens (tertiary/aromatic N) is 3. The van der Waals surface area contributed by atoms with Crippen LogP contribution in [-0.2, 0) is 9.59 Å². The van der Waals surface area contributed by atoms with Crippen molar-refractivity contribution < 1.29 is 14.3 Å². The van der Waals surface area contributed by atoms with Crippen LogP contribution in [0.5, 0.6) is 5.75 Å². The third-order valence-electron chi connectivity index (χ3n) is 5.77. The summed E-state index contributed by atoms with van der Waals surface area (Å²) in [5, 5.41) is 2.98. The lowest BCUT2D eigenvalue weighted by Gasteiger charge is -2.34. The van der Waals surface area contributed by atoms with Crippen molar-refractivity contribution in [3.8, 4) is 5.75 Å². The largest absolute Gasteiger partial charge is 0.478 e. The summed E-state index contributed by atoms with van der Waals surface area (Å²) < 4.78 is 5.81. The van der Waals surface area contributed by atoms with Gasteiger partial charge in [0.25, 0.3) is 5.91 Å². The first-order chi connectivity index (χ1) is 14.0. The minimum atomic E-state index is -0.528. The number of likely N-dealkylation sites (N-methyl/N-ethyl adjacent to an activating group) is 1. The lowest BCUT2D eigenvalue weighted by atomic mass is 10.1. The van der Waals surface area contributed by atoms with Crippen LogP contribution in [0.25, 0.3) is 0 Å². The number of benzene rings is 1. The Bertz CT molecular complexity index is 716. The summed E-state index contributed by atoms with van der Waals surface area (Å²) in [4.78, 5) is 31.8. The molecule has 160 valence electrons. The number of fused-ring (bicyclic) bond motifs is 1. The number of carbonyl (C=O) groups excluding carboxylic acids is 2. The van der Waals surface area contributed by atoms with Gasteiger partial charge in [-0.15, -0.1) is 0 Å². The minimum Gasteiger partial charge on any atom is -0.478 e. The number of rotatable bonds is 8. The van der Waals surface area contributed by atoms with Gasteiger partial charge >= 0.3 is 0 Å². The zero-order valence-corrected chi connectivity index (χ0v) is 17.9. The molecule has 1 fully saturated rings. The van der Waals surface area contributed by atoms with Gasteiger partial charge in [-0.05, 0) is 50.6 Å². The smallest absolute Gasteiger partial charge is 0.268 e. The van der Waals surface area contributed by atoms with E-state index in [0.29, 0.717) is 24.4 Å². The number of aryl methyl sites for hydroxylation is 1. The Morgan fingerprint density at radius 3 is 2.59 bits per heavy atom. The van der Waals surface area contributed by atoms with Gasteiger partial charge in [0, 0.05) is 32.7 Å². The maximum atomic E-state index is 12.8. The highest BCUT2D eigenvalue weighted by Crippen LogP contribution is 2.35. The molecule has 2 amide bonds. The van der Waals surface area contributed by atoms with Gasteiger partial charge in [-0.2, -0.15) is 0 Å². The summed E-state index contributed by atoms with van der Waals surface area (Å²) in [5.74, 6) is 0.397. The molecule has 1 aromatic carbocycles. The number of hydrogen-bond acceptors (Lipinski definition) is 5. The second kappa shape index (κ2) is 10.1. The van der Waals surface area contributed by atoms with E-state index >= 15 is 0 Å². The third-order valence-corrected chi connectivity index (χ3v) is 5.77. The van der Waals surface area contributed by atoms with Crippen molar-refractivity contribution in [3.63, 3.8) is 0 Å². The molecule has 0 aromatic heterocycles. The summed E-state index contributed by atoms with van der Waals surface area (Å²) in [7, 11) is 0. The molecule has 0 radical (unpaired) electrons. The number of ether oxygens (including phenoxy) is 1. The second-order valence-electron chi connectivity index (χ2n) is 7.89. The van der Waals surface area contributed by atoms with Crippen LogP contribution in [0.3, 0.4) is 0 Å². The molecular formula is C22H34N4O3. The highest BCUT2D eigenvalue weighted by molar-refractivity contribution is 6.03. The maximum Gasteiger partial charge on any atom is 0.268 e. The molecule has 1 N–H and O–H groups in total. The number of anilines is 1. The van der Waals surface area contributed by atoms with E-state index in [1.165, 1.54) is 0 Å². The number of amides is 2. The molecule has 2 aliphatic rings. The monoisotopic (exact) mass is 402 g/mol. The van der Waals surface area contributed by atoms with Gasteiger partial charge in [-0.3, -0.25) is 14.5 Å². The van der Waals surface area contributed by atoms with Gasteiger partial charge in [0.15, 0.2) is 6.10 Å². The highest BCUT2D eigenvalue weighted by atomic mass is 16.5. The van der Waals surface area contributed by atoms with Gasteiger partial charge in [0.1, 0.15) is 12.3 Å². The van der Waals surface area contributed by atoms with Crippen LogP contribution in [0.1, 0.15) is 32.3 Å². The highest BCUT2D eigenvalue weighted by Gasteiger charge is 2.34. The quantitative estimate of drug-likeness (QED) is 0.670. The SMILES string of the molecule is CCC1Oc2ccc(C)cc2N(CC(=O)NCCCN2CCN(CC)CC2)C1=O. The van der Waals surface area contributed by atoms with Crippen molar-refractivity contribution in [1.82, 2.24) is 15.1 Å². The van der Waals surface area contributed by atoms with Crippen molar-refractivity contribution in [1.29, 1.82) is 0 Å². The Balaban J connectivity index is 1.48. The van der Waals surface area contributed by atoms with Crippen LogP contribution in [0, 0.1) is 6.92 Å². The predicted molar refractivity (Wildman–Crippen MR) is 114 cm³/mol. The first-order valence-electron chi connectivity index (χ1n) is 10.8. The third kappa shape index (κ3) is 5.48. The standard InChI is InChI=1S/C22H34N4O3/c1-4-19-22(28)26(18-15-17(3)7-8-20(18)29-19)16-21(27)23-9-6-10-25-13-11-24(5-2)12-14-25/h7-8,15,19H,4-6,9-14,16H2,1-3H3,(H,23,27). The molecule has 29 heavy (non-hydrogen) atoms. The van der Waals surface area contributed by atoms with Crippen molar-refractivity contribution in [2.45, 2.75) is 39.7 Å². The molecule has 2 heterocycles. The Labute approximate surface area is 174 Å². The van der Waals surface area contributed by atoms with Crippen molar-refractivity contribution >= 4 is 17.5 Å². The van der Waals surface area contributed by atoms with Gasteiger partial charge < -0.3 is 19.9 Å². The normalized spacial score (nSPS) is 20.3. The summed E-state index contributed by atoms with van der Waals surface area (Å²) in [6, 6.07) is 5.74. The van der Waals surface area contributed by atoms with E-state index in [1.54, 1.807) is 4.90 Å². The molecule has 1 saturated heterocycles. The maximum absolute atomic E-state index is 12.8. The fraction of sp³-hybridized carbons (Fsp3) is 0.636. The first kappa shape index (κ1) is 21.6. The van der Waals surface area contributed by atoms with Gasteiger partial charge in [0.05, 0.1) is 5.69 Å². The number of hydrogen-bond donors (Lipinski definition) is 1. The Hall–Kier alpha value is -2.12. The average Bonchev–Trinajstić information content (AvgIpc) is 2.73. The molecule has 0 spiro atoms. The van der Waals surface area contributed by atoms with Crippen molar-refractivity contribution in [3.05, 3.63) is 23.8 Å². The lowest BCUT2D eigenvalue weighted by molar-refractivity contribution is -0.129. The molecule has 1 unspecified atom stereocenters. The van der Waals surface area contributed by atoms with Crippen molar-refractivity contribution in [2.24, 2.45) is 0 Å². The Morgan fingerprint density at radius 1 is 1.17 bits per heavy atom. The fourth-order valence-electron chi connectivity index (χ4n) is 3.91. The zero-order valence-electron chi connectivity index (χ0n) is 17.9. The first-order valence-corrected chi connectivity index (χ1v) is 10.8. The van der Waals surface area contributed by atoms with E-state index in [9.17, 15) is 9.59 Å². The Morgan fingerprint density at radius 2 is 1.90 bits per heavy atom. The second-order valence-corrected chi connectivity index (χ2v) is 7.89. The van der Waals surface area contributed by atoms with Crippen LogP contribution < -0.4 is 15.0 Å². The van der Waals surface area contributed by atoms with E-state index in [0.717, 1.165) is 51.3 Å². The predicted octanol–water partition coefficient (Wildman–Crippen LogP) is 1.64. The molecule has 0 aliphatic carbocycles. The van der Waals surface area contributed by atoms with Crippen LogP contribution in [0.15, 0.2) is 18.2 Å². The summed E-state index contributed by atoms with van der Waals surface area (Å²) in [5.41, 5.74) is 1.72. The fourth-order valence-corrected chi connectivity index (χ4v) is 3.91. The lowest BCUT2D eigenvalue weighted by Crippen LogP contribution is -2.50. The molecule has 1 aromatic rings. The van der Waals surface area contributed by atoms with Crippen LogP contribution >= 0.6 is 0 Å². The van der Waals surface area contributed by atoms with Crippen LogP contribution in [0.2, 0.25) is 0 Å². The molecule has 0 saturated carbocycles. The molecule has 7 nitrogen and oxygen atoms in total. The van der Waals surface area contributed by atoms with Gasteiger partial charge in [0.2, 0.25) is 5.91 Å². The van der Waals surface area contributed by atoms with E-state index < -0.39 is 6.10 Å². The van der Waals surface area contributed by atoms with E-state index in [-0.39, 0.29) is 18.4 Å². The summed E-state index contributed by atoms with van der Waals surface area (Å²) in [6.45, 7) is 13.3. The average molecular weight is 403 g/mol. The van der Waals surface area contributed by atoms with Gasteiger partial charge in [-0.25, -0.2) is 0 Å². The van der Waals surface area contributed by atoms with E-state index in [2.05, 4.69) is 22.0 Å². The van der Waals surface area contributed by atoms with Crippen molar-refractivity contribution in [2.75, 3.05) is 57.3 Å². The summed E-state index contributed by atoms with van der Waals surface area (Å²) in [6.07, 6.45) is 0.970. The zero-order chi connectivity index (χ0) is 20.8.